The Kier molecular flexibility index (Phi) is 8.38. The zero-order valence-electron chi connectivity index (χ0n) is 14.2. The maximum absolute atomic E-state index is 11.1. The predicted octanol–water partition coefficient (Wildman–Crippen LogP) is 3.47. The highest BCUT2D eigenvalue weighted by molar-refractivity contribution is 5.89. The summed E-state index contributed by atoms with van der Waals surface area (Å²) in [4.78, 5) is 22.0. The van der Waals surface area contributed by atoms with Crippen LogP contribution in [-0.2, 0) is 9.59 Å². The molecule has 0 saturated heterocycles. The fraction of sp³-hybridized carbons (Fsp3) is 0.765. The standard InChI is InChI=1S/C11H16O4.C6H14O/c1-10(2)4-7(8(12)13)5-11(3,6-10)9(14)15;1-2-3-4-5-6-7/h4H,5-6H2,1-3H3,(H,12,13)(H,14,15);7H,2-6H2,1H3. The Hall–Kier alpha value is -1.36. The van der Waals surface area contributed by atoms with Gasteiger partial charge in [-0.15, -0.1) is 0 Å². The Labute approximate surface area is 133 Å². The van der Waals surface area contributed by atoms with Crippen LogP contribution in [0.1, 0.15) is 66.2 Å². The maximum Gasteiger partial charge on any atom is 0.331 e. The second-order valence-corrected chi connectivity index (χ2v) is 6.97. The summed E-state index contributed by atoms with van der Waals surface area (Å²) >= 11 is 0. The number of aliphatic carboxylic acids is 2. The van der Waals surface area contributed by atoms with Crippen LogP contribution in [0.25, 0.3) is 0 Å². The summed E-state index contributed by atoms with van der Waals surface area (Å²) in [6, 6.07) is 0. The van der Waals surface area contributed by atoms with Crippen LogP contribution in [0.5, 0.6) is 0 Å². The van der Waals surface area contributed by atoms with Crippen LogP contribution in [-0.4, -0.2) is 33.9 Å². The molecular formula is C17H30O5. The van der Waals surface area contributed by atoms with Gasteiger partial charge in [-0.3, -0.25) is 4.79 Å². The monoisotopic (exact) mass is 314 g/mol. The SMILES string of the molecule is CC1(C)C=C(C(=O)O)CC(C)(C(=O)O)C1.CCCCCCO. The van der Waals surface area contributed by atoms with Crippen LogP contribution >= 0.6 is 0 Å². The van der Waals surface area contributed by atoms with Crippen molar-refractivity contribution in [3.63, 3.8) is 0 Å². The van der Waals surface area contributed by atoms with Gasteiger partial charge in [0.15, 0.2) is 0 Å². The molecule has 22 heavy (non-hydrogen) atoms. The molecule has 0 spiro atoms. The highest BCUT2D eigenvalue weighted by atomic mass is 16.4. The molecule has 0 aliphatic heterocycles. The summed E-state index contributed by atoms with van der Waals surface area (Å²) in [6.07, 6.45) is 6.91. The van der Waals surface area contributed by atoms with E-state index in [9.17, 15) is 9.59 Å². The lowest BCUT2D eigenvalue weighted by Crippen LogP contribution is -2.37. The van der Waals surface area contributed by atoms with E-state index in [2.05, 4.69) is 6.92 Å². The Morgan fingerprint density at radius 3 is 2.14 bits per heavy atom. The normalized spacial score (nSPS) is 23.0. The van der Waals surface area contributed by atoms with Gasteiger partial charge in [0.25, 0.3) is 0 Å². The zero-order valence-corrected chi connectivity index (χ0v) is 14.2. The van der Waals surface area contributed by atoms with Gasteiger partial charge in [-0.25, -0.2) is 4.79 Å². The van der Waals surface area contributed by atoms with Crippen LogP contribution in [0, 0.1) is 10.8 Å². The fourth-order valence-electron chi connectivity index (χ4n) is 2.89. The summed E-state index contributed by atoms with van der Waals surface area (Å²) in [5.74, 6) is -1.95. The molecule has 0 bridgehead atoms. The van der Waals surface area contributed by atoms with E-state index in [1.165, 1.54) is 19.3 Å². The summed E-state index contributed by atoms with van der Waals surface area (Å²) in [5.41, 5.74) is -1.14. The molecule has 0 heterocycles. The van der Waals surface area contributed by atoms with E-state index in [0.29, 0.717) is 13.0 Å². The average molecular weight is 314 g/mol. The molecule has 5 heteroatoms. The van der Waals surface area contributed by atoms with E-state index in [-0.39, 0.29) is 17.4 Å². The average Bonchev–Trinajstić information content (AvgIpc) is 2.37. The smallest absolute Gasteiger partial charge is 0.331 e. The van der Waals surface area contributed by atoms with Gasteiger partial charge in [0, 0.05) is 12.2 Å². The molecule has 0 fully saturated rings. The van der Waals surface area contributed by atoms with Crippen molar-refractivity contribution in [1.29, 1.82) is 0 Å². The molecule has 0 aromatic heterocycles. The molecule has 128 valence electrons. The molecule has 5 nitrogen and oxygen atoms in total. The van der Waals surface area contributed by atoms with Crippen molar-refractivity contribution < 1.29 is 24.9 Å². The fourth-order valence-corrected chi connectivity index (χ4v) is 2.89. The lowest BCUT2D eigenvalue weighted by Gasteiger charge is -2.37. The molecule has 0 saturated carbocycles. The highest BCUT2D eigenvalue weighted by Crippen LogP contribution is 2.44. The number of allylic oxidation sites excluding steroid dienone is 1. The molecule has 1 unspecified atom stereocenters. The molecule has 0 radical (unpaired) electrons. The van der Waals surface area contributed by atoms with Crippen molar-refractivity contribution in [3.8, 4) is 0 Å². The van der Waals surface area contributed by atoms with Gasteiger partial charge in [-0.2, -0.15) is 0 Å². The molecule has 3 N–H and O–H groups in total. The van der Waals surface area contributed by atoms with Crippen LogP contribution in [0.2, 0.25) is 0 Å². The van der Waals surface area contributed by atoms with E-state index in [1.54, 1.807) is 13.0 Å². The number of hydrogen-bond donors (Lipinski definition) is 3. The van der Waals surface area contributed by atoms with Gasteiger partial charge in [0.2, 0.25) is 0 Å². The van der Waals surface area contributed by atoms with Crippen LogP contribution in [0.4, 0.5) is 0 Å². The summed E-state index contributed by atoms with van der Waals surface area (Å²) in [6.45, 7) is 7.84. The van der Waals surface area contributed by atoms with Crippen molar-refractivity contribution in [2.75, 3.05) is 6.61 Å². The molecule has 0 amide bonds. The van der Waals surface area contributed by atoms with Crippen LogP contribution < -0.4 is 0 Å². The number of aliphatic hydroxyl groups excluding tert-OH is 1. The minimum atomic E-state index is -1.02. The third-order valence-electron chi connectivity index (χ3n) is 3.79. The number of unbranched alkanes of at least 4 members (excludes halogenated alkanes) is 3. The molecule has 1 aliphatic rings. The minimum Gasteiger partial charge on any atom is -0.481 e. The molecular weight excluding hydrogens is 284 g/mol. The molecule has 0 aromatic carbocycles. The summed E-state index contributed by atoms with van der Waals surface area (Å²) in [5, 5.41) is 26.3. The van der Waals surface area contributed by atoms with E-state index in [4.69, 9.17) is 15.3 Å². The van der Waals surface area contributed by atoms with Gasteiger partial charge in [-0.1, -0.05) is 46.1 Å². The topological polar surface area (TPSA) is 94.8 Å². The Morgan fingerprint density at radius 2 is 1.73 bits per heavy atom. The third-order valence-corrected chi connectivity index (χ3v) is 3.79. The maximum atomic E-state index is 11.1. The second kappa shape index (κ2) is 8.93. The number of hydrogen-bond acceptors (Lipinski definition) is 3. The summed E-state index contributed by atoms with van der Waals surface area (Å²) < 4.78 is 0. The molecule has 1 aliphatic carbocycles. The van der Waals surface area contributed by atoms with Crippen molar-refractivity contribution in [2.45, 2.75) is 66.2 Å². The predicted molar refractivity (Wildman–Crippen MR) is 85.7 cm³/mol. The van der Waals surface area contributed by atoms with Crippen molar-refractivity contribution in [2.24, 2.45) is 10.8 Å². The quantitative estimate of drug-likeness (QED) is 0.653. The van der Waals surface area contributed by atoms with Gasteiger partial charge in [0.1, 0.15) is 0 Å². The van der Waals surface area contributed by atoms with Crippen LogP contribution in [0.15, 0.2) is 11.6 Å². The molecule has 0 aromatic rings. The highest BCUT2D eigenvalue weighted by Gasteiger charge is 2.43. The molecule has 1 atom stereocenters. The Bertz CT molecular complexity index is 407. The number of aliphatic hydroxyl groups is 1. The number of rotatable bonds is 6. The van der Waals surface area contributed by atoms with E-state index >= 15 is 0 Å². The van der Waals surface area contributed by atoms with Gasteiger partial charge < -0.3 is 15.3 Å². The number of carboxylic acids is 2. The van der Waals surface area contributed by atoms with Gasteiger partial charge in [-0.05, 0) is 31.6 Å². The zero-order chi connectivity index (χ0) is 17.4. The van der Waals surface area contributed by atoms with Crippen molar-refractivity contribution in [3.05, 3.63) is 11.6 Å². The van der Waals surface area contributed by atoms with E-state index in [1.807, 2.05) is 13.8 Å². The molecule has 1 rings (SSSR count). The van der Waals surface area contributed by atoms with Gasteiger partial charge in [0.05, 0.1) is 5.41 Å². The summed E-state index contributed by atoms with van der Waals surface area (Å²) in [7, 11) is 0. The van der Waals surface area contributed by atoms with E-state index in [0.717, 1.165) is 6.42 Å². The van der Waals surface area contributed by atoms with Crippen LogP contribution in [0.3, 0.4) is 0 Å². The Morgan fingerprint density at radius 1 is 1.14 bits per heavy atom. The Balaban J connectivity index is 0.000000534. The second-order valence-electron chi connectivity index (χ2n) is 6.97. The van der Waals surface area contributed by atoms with Crippen molar-refractivity contribution in [1.82, 2.24) is 0 Å². The lowest BCUT2D eigenvalue weighted by molar-refractivity contribution is -0.150. The van der Waals surface area contributed by atoms with Gasteiger partial charge >= 0.3 is 11.9 Å². The first kappa shape index (κ1) is 20.6. The first-order valence-corrected chi connectivity index (χ1v) is 7.87. The number of carboxylic acid groups (broad SMARTS) is 2. The van der Waals surface area contributed by atoms with E-state index < -0.39 is 17.4 Å². The number of carbonyl (C=O) groups is 2. The first-order valence-electron chi connectivity index (χ1n) is 7.87. The largest absolute Gasteiger partial charge is 0.481 e. The first-order chi connectivity index (χ1) is 10.1. The minimum absolute atomic E-state index is 0.0983. The van der Waals surface area contributed by atoms with Crippen molar-refractivity contribution >= 4 is 11.9 Å². The lowest BCUT2D eigenvalue weighted by atomic mass is 9.66. The third kappa shape index (κ3) is 7.07.